The number of anilines is 2. The molecular weight excluding hydrogens is 555 g/mol. The summed E-state index contributed by atoms with van der Waals surface area (Å²) in [6, 6.07) is 11.5. The number of benzene rings is 2. The number of pyridine rings is 1. The first-order chi connectivity index (χ1) is 20.7. The lowest BCUT2D eigenvalue weighted by Gasteiger charge is -2.24. The molecule has 2 aromatic heterocycles. The molecular formula is C31H29FN6O5. The van der Waals surface area contributed by atoms with E-state index in [4.69, 9.17) is 15.2 Å². The van der Waals surface area contributed by atoms with Crippen molar-refractivity contribution < 1.29 is 18.7 Å². The number of amides is 1. The van der Waals surface area contributed by atoms with Crippen LogP contribution in [-0.2, 0) is 11.8 Å². The second kappa shape index (κ2) is 12.7. The van der Waals surface area contributed by atoms with Crippen LogP contribution in [-0.4, -0.2) is 57.8 Å². The molecule has 0 radical (unpaired) electrons. The maximum absolute atomic E-state index is 13.4. The highest BCUT2D eigenvalue weighted by Gasteiger charge is 2.19. The molecule has 0 spiro atoms. The van der Waals surface area contributed by atoms with Gasteiger partial charge in [0.05, 0.1) is 25.4 Å². The molecule has 220 valence electrons. The third-order valence-electron chi connectivity index (χ3n) is 6.79. The van der Waals surface area contributed by atoms with Crippen LogP contribution in [0.15, 0.2) is 70.5 Å². The Labute approximate surface area is 246 Å². The highest BCUT2D eigenvalue weighted by molar-refractivity contribution is 6.04. The van der Waals surface area contributed by atoms with E-state index >= 15 is 0 Å². The van der Waals surface area contributed by atoms with E-state index in [0.717, 1.165) is 34.4 Å². The largest absolute Gasteiger partial charge is 0.456 e. The Bertz CT molecular complexity index is 1850. The van der Waals surface area contributed by atoms with Gasteiger partial charge < -0.3 is 25.1 Å². The fraction of sp³-hybridized carbons (Fsp3) is 0.226. The number of hydrogen-bond acceptors (Lipinski definition) is 8. The number of carbonyl (C=O) groups is 1. The van der Waals surface area contributed by atoms with Crippen LogP contribution in [0.2, 0.25) is 0 Å². The number of carbonyl (C=O) groups excluding carboxylic acids is 1. The van der Waals surface area contributed by atoms with Gasteiger partial charge >= 0.3 is 5.69 Å². The van der Waals surface area contributed by atoms with Crippen molar-refractivity contribution in [2.75, 3.05) is 43.9 Å². The van der Waals surface area contributed by atoms with Crippen molar-refractivity contribution in [3.8, 4) is 29.0 Å². The van der Waals surface area contributed by atoms with Gasteiger partial charge in [0.25, 0.3) is 11.5 Å². The first kappa shape index (κ1) is 29.2. The van der Waals surface area contributed by atoms with Crippen LogP contribution in [0.5, 0.6) is 11.5 Å². The van der Waals surface area contributed by atoms with Crippen molar-refractivity contribution in [1.29, 1.82) is 0 Å². The van der Waals surface area contributed by atoms with E-state index in [1.807, 2.05) is 0 Å². The molecule has 12 heteroatoms. The fourth-order valence-electron chi connectivity index (χ4n) is 4.47. The zero-order valence-corrected chi connectivity index (χ0v) is 23.6. The molecule has 0 saturated carbocycles. The summed E-state index contributed by atoms with van der Waals surface area (Å²) in [7, 11) is 1.42. The number of ether oxygens (including phenoxy) is 2. The molecule has 11 nitrogen and oxygen atoms in total. The van der Waals surface area contributed by atoms with Gasteiger partial charge in [-0.1, -0.05) is 11.8 Å². The quantitative estimate of drug-likeness (QED) is 0.331. The molecule has 0 atom stereocenters. The molecule has 5 rings (SSSR count). The van der Waals surface area contributed by atoms with Crippen molar-refractivity contribution in [3.05, 3.63) is 104 Å². The molecule has 0 unspecified atom stereocenters. The van der Waals surface area contributed by atoms with E-state index in [0.29, 0.717) is 48.1 Å². The summed E-state index contributed by atoms with van der Waals surface area (Å²) in [5, 5.41) is 2.70. The summed E-state index contributed by atoms with van der Waals surface area (Å²) in [5.41, 5.74) is 6.04. The van der Waals surface area contributed by atoms with Crippen LogP contribution in [0.3, 0.4) is 0 Å². The van der Waals surface area contributed by atoms with Crippen LogP contribution in [0.25, 0.3) is 5.69 Å². The van der Waals surface area contributed by atoms with E-state index in [2.05, 4.69) is 27.0 Å². The predicted octanol–water partition coefficient (Wildman–Crippen LogP) is 2.69. The molecule has 4 aromatic rings. The maximum Gasteiger partial charge on any atom is 0.335 e. The number of nitrogen functional groups attached to an aromatic ring is 1. The van der Waals surface area contributed by atoms with Crippen molar-refractivity contribution in [2.45, 2.75) is 6.92 Å². The number of aryl methyl sites for hydroxylation is 2. The lowest BCUT2D eigenvalue weighted by atomic mass is 10.1. The number of nitrogens with zero attached hydrogens (tertiary/aromatic N) is 4. The topological polar surface area (TPSA) is 134 Å². The van der Waals surface area contributed by atoms with Gasteiger partial charge in [0.1, 0.15) is 34.3 Å². The SMILES string of the molecule is Cc1cc(NC(=O)c2cn(C)c(=O)n(-c3ccc(F)cc3)c2=O)ccc1Oc1ccnc(N)c1C#CCN1CCOCC1. The first-order valence-corrected chi connectivity index (χ1v) is 13.4. The van der Waals surface area contributed by atoms with Crippen molar-refractivity contribution in [1.82, 2.24) is 19.0 Å². The Morgan fingerprint density at radius 2 is 1.86 bits per heavy atom. The van der Waals surface area contributed by atoms with Gasteiger partial charge in [-0.15, -0.1) is 0 Å². The lowest BCUT2D eigenvalue weighted by molar-refractivity contribution is 0.0443. The number of rotatable bonds is 6. The Morgan fingerprint density at radius 3 is 2.58 bits per heavy atom. The number of morpholine rings is 1. The summed E-state index contributed by atoms with van der Waals surface area (Å²) < 4.78 is 26.8. The first-order valence-electron chi connectivity index (χ1n) is 13.4. The summed E-state index contributed by atoms with van der Waals surface area (Å²) >= 11 is 0. The van der Waals surface area contributed by atoms with Gasteiger partial charge in [-0.25, -0.2) is 18.7 Å². The highest BCUT2D eigenvalue weighted by Crippen LogP contribution is 2.31. The van der Waals surface area contributed by atoms with Crippen LogP contribution >= 0.6 is 0 Å². The molecule has 43 heavy (non-hydrogen) atoms. The lowest BCUT2D eigenvalue weighted by Crippen LogP contribution is -2.41. The van der Waals surface area contributed by atoms with E-state index in [1.165, 1.54) is 31.6 Å². The zero-order valence-electron chi connectivity index (χ0n) is 23.6. The summed E-state index contributed by atoms with van der Waals surface area (Å²) in [5.74, 6) is 6.16. The Hall–Kier alpha value is -5.25. The van der Waals surface area contributed by atoms with Gasteiger partial charge in [0, 0.05) is 44.3 Å². The molecule has 1 amide bonds. The molecule has 3 heterocycles. The predicted molar refractivity (Wildman–Crippen MR) is 159 cm³/mol. The maximum atomic E-state index is 13.4. The van der Waals surface area contributed by atoms with Gasteiger partial charge in [-0.05, 0) is 55.0 Å². The Kier molecular flexibility index (Phi) is 8.66. The number of nitrogens with two attached hydrogens (primary N) is 1. The minimum atomic E-state index is -0.832. The second-order valence-corrected chi connectivity index (χ2v) is 9.85. The summed E-state index contributed by atoms with van der Waals surface area (Å²) in [4.78, 5) is 45.3. The van der Waals surface area contributed by atoms with Gasteiger partial charge in [0.2, 0.25) is 0 Å². The smallest absolute Gasteiger partial charge is 0.335 e. The van der Waals surface area contributed by atoms with Crippen molar-refractivity contribution >= 4 is 17.4 Å². The molecule has 2 aromatic carbocycles. The van der Waals surface area contributed by atoms with Crippen LogP contribution in [0.1, 0.15) is 21.5 Å². The average molecular weight is 585 g/mol. The third-order valence-corrected chi connectivity index (χ3v) is 6.79. The molecule has 3 N–H and O–H groups in total. The third kappa shape index (κ3) is 6.64. The van der Waals surface area contributed by atoms with Crippen LogP contribution in [0.4, 0.5) is 15.9 Å². The Morgan fingerprint density at radius 1 is 1.12 bits per heavy atom. The minimum Gasteiger partial charge on any atom is -0.456 e. The minimum absolute atomic E-state index is 0.140. The fourth-order valence-corrected chi connectivity index (χ4v) is 4.47. The molecule has 1 fully saturated rings. The summed E-state index contributed by atoms with van der Waals surface area (Å²) in [6.07, 6.45) is 2.70. The Balaban J connectivity index is 1.35. The van der Waals surface area contributed by atoms with Gasteiger partial charge in [-0.2, -0.15) is 0 Å². The van der Waals surface area contributed by atoms with E-state index < -0.39 is 23.0 Å². The summed E-state index contributed by atoms with van der Waals surface area (Å²) in [6.45, 7) is 5.35. The van der Waals surface area contributed by atoms with E-state index in [-0.39, 0.29) is 17.1 Å². The standard InChI is InChI=1S/C31H29FN6O5/c1-20-18-22(35-29(39)25-19-36(2)31(41)38(30(25)40)23-8-5-21(32)6-9-23)7-10-26(20)43-27-11-12-34-28(33)24(27)4-3-13-37-14-16-42-17-15-37/h5-12,18-19H,13-17H2,1-2H3,(H2,33,34)(H,35,39). The van der Waals surface area contributed by atoms with Crippen LogP contribution in [0, 0.1) is 24.6 Å². The second-order valence-electron chi connectivity index (χ2n) is 9.85. The molecule has 1 saturated heterocycles. The number of nitrogens with one attached hydrogen (secondary N) is 1. The van der Waals surface area contributed by atoms with E-state index in [9.17, 15) is 18.8 Å². The average Bonchev–Trinajstić information content (AvgIpc) is 2.99. The normalized spacial score (nSPS) is 13.2. The zero-order chi connectivity index (χ0) is 30.5. The van der Waals surface area contributed by atoms with Crippen LogP contribution < -0.4 is 27.0 Å². The molecule has 1 aliphatic heterocycles. The van der Waals surface area contributed by atoms with E-state index in [1.54, 1.807) is 31.2 Å². The monoisotopic (exact) mass is 584 g/mol. The highest BCUT2D eigenvalue weighted by atomic mass is 19.1. The van der Waals surface area contributed by atoms with Gasteiger partial charge in [0.15, 0.2) is 0 Å². The number of aromatic nitrogens is 3. The number of halogens is 1. The van der Waals surface area contributed by atoms with Gasteiger partial charge in [-0.3, -0.25) is 14.5 Å². The van der Waals surface area contributed by atoms with Crippen molar-refractivity contribution in [3.63, 3.8) is 0 Å². The number of hydrogen-bond donors (Lipinski definition) is 2. The molecule has 0 bridgehead atoms. The van der Waals surface area contributed by atoms with Crippen molar-refractivity contribution in [2.24, 2.45) is 7.05 Å². The molecule has 0 aliphatic carbocycles. The molecule has 1 aliphatic rings.